The van der Waals surface area contributed by atoms with Gasteiger partial charge >= 0.3 is 0 Å². The predicted octanol–water partition coefficient (Wildman–Crippen LogP) is 2.18. The molecule has 7 heteroatoms. The van der Waals surface area contributed by atoms with Crippen LogP contribution in [0.5, 0.6) is 0 Å². The number of aromatic nitrogens is 2. The highest BCUT2D eigenvalue weighted by atomic mass is 19.2. The minimum absolute atomic E-state index is 0.221. The molecule has 1 atom stereocenters. The highest BCUT2D eigenvalue weighted by Crippen LogP contribution is 2.16. The van der Waals surface area contributed by atoms with Gasteiger partial charge in [-0.25, -0.2) is 18.7 Å². The zero-order chi connectivity index (χ0) is 16.9. The molecule has 3 rings (SSSR count). The fourth-order valence-electron chi connectivity index (χ4n) is 2.71. The first kappa shape index (κ1) is 16.7. The molecule has 0 saturated carbocycles. The van der Waals surface area contributed by atoms with Gasteiger partial charge in [0.25, 0.3) is 0 Å². The largest absolute Gasteiger partial charge is 0.387 e. The van der Waals surface area contributed by atoms with Gasteiger partial charge in [-0.05, 0) is 30.5 Å². The Hall–Kier alpha value is -2.12. The Bertz CT molecular complexity index is 675. The Labute approximate surface area is 139 Å². The van der Waals surface area contributed by atoms with Crippen LogP contribution < -0.4 is 10.2 Å². The second-order valence-corrected chi connectivity index (χ2v) is 5.91. The average Bonchev–Trinajstić information content (AvgIpc) is 3.12. The summed E-state index contributed by atoms with van der Waals surface area (Å²) in [5.74, 6) is -1.13. The van der Waals surface area contributed by atoms with Crippen LogP contribution in [0.3, 0.4) is 0 Å². The summed E-state index contributed by atoms with van der Waals surface area (Å²) in [7, 11) is 0. The topological polar surface area (TPSA) is 61.3 Å². The van der Waals surface area contributed by atoms with Crippen LogP contribution in [0.25, 0.3) is 0 Å². The fourth-order valence-corrected chi connectivity index (χ4v) is 2.71. The summed E-state index contributed by atoms with van der Waals surface area (Å²) in [4.78, 5) is 10.9. The van der Waals surface area contributed by atoms with Crippen molar-refractivity contribution in [3.05, 3.63) is 53.4 Å². The Balaban J connectivity index is 1.49. The lowest BCUT2D eigenvalue weighted by atomic mass is 10.1. The molecule has 0 unspecified atom stereocenters. The van der Waals surface area contributed by atoms with Gasteiger partial charge in [0.05, 0.1) is 6.10 Å². The van der Waals surface area contributed by atoms with Gasteiger partial charge in [-0.1, -0.05) is 6.07 Å². The van der Waals surface area contributed by atoms with Gasteiger partial charge in [0, 0.05) is 44.1 Å². The monoisotopic (exact) mass is 334 g/mol. The van der Waals surface area contributed by atoms with Crippen molar-refractivity contribution < 1.29 is 13.9 Å². The molecule has 2 heterocycles. The molecule has 1 saturated heterocycles. The van der Waals surface area contributed by atoms with Gasteiger partial charge in [0.15, 0.2) is 11.6 Å². The van der Waals surface area contributed by atoms with Crippen LogP contribution in [0.1, 0.15) is 30.1 Å². The van der Waals surface area contributed by atoms with Crippen molar-refractivity contribution >= 4 is 5.95 Å². The molecular weight excluding hydrogens is 314 g/mol. The van der Waals surface area contributed by atoms with Crippen LogP contribution in [0.15, 0.2) is 30.6 Å². The molecule has 0 spiro atoms. The first-order chi connectivity index (χ1) is 11.6. The molecule has 0 amide bonds. The van der Waals surface area contributed by atoms with Crippen molar-refractivity contribution in [2.45, 2.75) is 25.5 Å². The third kappa shape index (κ3) is 4.04. The lowest BCUT2D eigenvalue weighted by Crippen LogP contribution is -2.22. The summed E-state index contributed by atoms with van der Waals surface area (Å²) in [5, 5.41) is 13.1. The number of halogens is 2. The zero-order valence-corrected chi connectivity index (χ0v) is 13.3. The van der Waals surface area contributed by atoms with E-state index in [2.05, 4.69) is 20.2 Å². The van der Waals surface area contributed by atoms with Crippen LogP contribution >= 0.6 is 0 Å². The Morgan fingerprint density at radius 3 is 2.50 bits per heavy atom. The van der Waals surface area contributed by atoms with Crippen molar-refractivity contribution in [1.29, 1.82) is 0 Å². The third-order valence-electron chi connectivity index (χ3n) is 4.08. The Kier molecular flexibility index (Phi) is 5.32. The highest BCUT2D eigenvalue weighted by molar-refractivity contribution is 5.31. The molecule has 1 aliphatic heterocycles. The van der Waals surface area contributed by atoms with Gasteiger partial charge in [-0.3, -0.25) is 0 Å². The second kappa shape index (κ2) is 7.63. The molecule has 0 aliphatic carbocycles. The maximum Gasteiger partial charge on any atom is 0.225 e. The average molecular weight is 334 g/mol. The summed E-state index contributed by atoms with van der Waals surface area (Å²) in [5.41, 5.74) is 1.23. The molecule has 1 fully saturated rings. The second-order valence-electron chi connectivity index (χ2n) is 5.91. The van der Waals surface area contributed by atoms with E-state index in [1.807, 2.05) is 0 Å². The molecular formula is C17H20F2N4O. The molecule has 1 aromatic heterocycles. The van der Waals surface area contributed by atoms with Crippen LogP contribution in [0, 0.1) is 11.6 Å². The minimum atomic E-state index is -0.961. The first-order valence-electron chi connectivity index (χ1n) is 8.03. The minimum Gasteiger partial charge on any atom is -0.387 e. The zero-order valence-electron chi connectivity index (χ0n) is 13.3. The molecule has 5 nitrogen and oxygen atoms in total. The van der Waals surface area contributed by atoms with Crippen LogP contribution in [0.2, 0.25) is 0 Å². The number of rotatable bonds is 6. The molecule has 2 N–H and O–H groups in total. The SMILES string of the molecule is O[C@H](CNCc1cnc(N2CCCC2)nc1)c1ccc(F)c(F)c1. The van der Waals surface area contributed by atoms with E-state index in [4.69, 9.17) is 0 Å². The first-order valence-corrected chi connectivity index (χ1v) is 8.03. The fraction of sp³-hybridized carbons (Fsp3) is 0.412. The van der Waals surface area contributed by atoms with E-state index in [0.717, 1.165) is 36.7 Å². The maximum absolute atomic E-state index is 13.2. The Morgan fingerprint density at radius 2 is 1.83 bits per heavy atom. The van der Waals surface area contributed by atoms with Crippen molar-refractivity contribution in [3.8, 4) is 0 Å². The van der Waals surface area contributed by atoms with E-state index >= 15 is 0 Å². The number of aliphatic hydroxyl groups is 1. The lowest BCUT2D eigenvalue weighted by Gasteiger charge is -2.15. The van der Waals surface area contributed by atoms with Crippen LogP contribution in [-0.2, 0) is 6.54 Å². The van der Waals surface area contributed by atoms with E-state index in [9.17, 15) is 13.9 Å². The number of benzene rings is 1. The van der Waals surface area contributed by atoms with E-state index in [1.54, 1.807) is 12.4 Å². The predicted molar refractivity (Wildman–Crippen MR) is 86.5 cm³/mol. The summed E-state index contributed by atoms with van der Waals surface area (Å²) in [6.07, 6.45) is 4.96. The summed E-state index contributed by atoms with van der Waals surface area (Å²) in [6.45, 7) is 2.70. The highest BCUT2D eigenvalue weighted by Gasteiger charge is 2.14. The van der Waals surface area contributed by atoms with E-state index in [-0.39, 0.29) is 6.54 Å². The molecule has 2 aromatic rings. The third-order valence-corrected chi connectivity index (χ3v) is 4.08. The maximum atomic E-state index is 13.2. The molecule has 0 bridgehead atoms. The van der Waals surface area contributed by atoms with Crippen molar-refractivity contribution in [3.63, 3.8) is 0 Å². The van der Waals surface area contributed by atoms with Crippen LogP contribution in [-0.4, -0.2) is 34.7 Å². The molecule has 128 valence electrons. The van der Waals surface area contributed by atoms with Crippen molar-refractivity contribution in [2.24, 2.45) is 0 Å². The quantitative estimate of drug-likeness (QED) is 0.848. The van der Waals surface area contributed by atoms with Crippen LogP contribution in [0.4, 0.5) is 14.7 Å². The van der Waals surface area contributed by atoms with Gasteiger partial charge < -0.3 is 15.3 Å². The number of nitrogens with one attached hydrogen (secondary N) is 1. The standard InChI is InChI=1S/C17H20F2N4O/c18-14-4-3-13(7-15(14)19)16(24)11-20-8-12-9-21-17(22-10-12)23-5-1-2-6-23/h3-4,7,9-10,16,20,24H,1-2,5-6,8,11H2/t16-/m1/s1. The number of aliphatic hydroxyl groups excluding tert-OH is 1. The molecule has 1 aromatic carbocycles. The van der Waals surface area contributed by atoms with E-state index in [0.29, 0.717) is 12.1 Å². The summed E-state index contributed by atoms with van der Waals surface area (Å²) in [6, 6.07) is 3.40. The lowest BCUT2D eigenvalue weighted by molar-refractivity contribution is 0.173. The molecule has 1 aliphatic rings. The summed E-state index contributed by atoms with van der Waals surface area (Å²) < 4.78 is 26.1. The van der Waals surface area contributed by atoms with Gasteiger partial charge in [0.1, 0.15) is 0 Å². The summed E-state index contributed by atoms with van der Waals surface area (Å²) >= 11 is 0. The van der Waals surface area contributed by atoms with Crippen molar-refractivity contribution in [2.75, 3.05) is 24.5 Å². The van der Waals surface area contributed by atoms with E-state index < -0.39 is 17.7 Å². The normalized spacial score (nSPS) is 15.7. The number of hydrogen-bond donors (Lipinski definition) is 2. The number of hydrogen-bond acceptors (Lipinski definition) is 5. The number of anilines is 1. The Morgan fingerprint density at radius 1 is 1.12 bits per heavy atom. The van der Waals surface area contributed by atoms with Gasteiger partial charge in [-0.2, -0.15) is 0 Å². The van der Waals surface area contributed by atoms with E-state index in [1.165, 1.54) is 18.9 Å². The molecule has 0 radical (unpaired) electrons. The van der Waals surface area contributed by atoms with Crippen molar-refractivity contribution in [1.82, 2.24) is 15.3 Å². The van der Waals surface area contributed by atoms with Gasteiger partial charge in [-0.15, -0.1) is 0 Å². The smallest absolute Gasteiger partial charge is 0.225 e. The number of nitrogens with zero attached hydrogens (tertiary/aromatic N) is 3. The molecule has 24 heavy (non-hydrogen) atoms. The van der Waals surface area contributed by atoms with Gasteiger partial charge in [0.2, 0.25) is 5.95 Å².